The van der Waals surface area contributed by atoms with Crippen LogP contribution in [-0.4, -0.2) is 14.1 Å². The number of halogens is 2. The Morgan fingerprint density at radius 3 is 2.52 bits per heavy atom. The molecule has 1 radical (unpaired) electrons. The zero-order valence-corrected chi connectivity index (χ0v) is 15.1. The third-order valence-electron chi connectivity index (χ3n) is 4.19. The molecule has 1 fully saturated rings. The van der Waals surface area contributed by atoms with E-state index in [1.54, 1.807) is 36.4 Å². The third kappa shape index (κ3) is 4.32. The fourth-order valence-electron chi connectivity index (χ4n) is 3.00. The highest BCUT2D eigenvalue weighted by Gasteiger charge is 2.36. The van der Waals surface area contributed by atoms with E-state index in [0.717, 1.165) is 12.8 Å². The number of benzene rings is 2. The monoisotopic (exact) mass is 381 g/mol. The standard InChI is InChI=1S/C18H19ClFN2O2S/c19-16-13-14(9-10-17(16)20)21-18(11-5-2-6-12-18)22-25(23,24)15-7-3-1-4-8-15/h1,3-5,7-10,13,21-22H,2,6,11-12H2. The maximum absolute atomic E-state index is 13.4. The summed E-state index contributed by atoms with van der Waals surface area (Å²) in [4.78, 5) is 0.207. The number of rotatable bonds is 5. The fourth-order valence-corrected chi connectivity index (χ4v) is 4.56. The minimum absolute atomic E-state index is 0.00847. The van der Waals surface area contributed by atoms with Crippen LogP contribution in [-0.2, 0) is 10.0 Å². The molecule has 25 heavy (non-hydrogen) atoms. The van der Waals surface area contributed by atoms with Crippen LogP contribution in [0.2, 0.25) is 5.02 Å². The number of anilines is 1. The SMILES string of the molecule is O=S(=O)(NC1(Nc2ccc(F)c(Cl)c2)C[CH]CCC1)c1ccccc1. The minimum Gasteiger partial charge on any atom is -0.366 e. The van der Waals surface area contributed by atoms with Crippen molar-refractivity contribution in [2.45, 2.75) is 36.2 Å². The Kier molecular flexibility index (Phi) is 5.32. The number of nitrogens with one attached hydrogen (secondary N) is 2. The van der Waals surface area contributed by atoms with Crippen molar-refractivity contribution in [3.8, 4) is 0 Å². The van der Waals surface area contributed by atoms with Gasteiger partial charge in [-0.05, 0) is 62.4 Å². The predicted molar refractivity (Wildman–Crippen MR) is 97.3 cm³/mol. The number of hydrogen-bond acceptors (Lipinski definition) is 3. The number of sulfonamides is 1. The normalized spacial score (nSPS) is 17.2. The highest BCUT2D eigenvalue weighted by atomic mass is 35.5. The molecule has 0 spiro atoms. The molecule has 2 aromatic carbocycles. The smallest absolute Gasteiger partial charge is 0.242 e. The van der Waals surface area contributed by atoms with Crippen molar-refractivity contribution in [3.63, 3.8) is 0 Å². The second-order valence-electron chi connectivity index (χ2n) is 6.14. The Morgan fingerprint density at radius 2 is 1.88 bits per heavy atom. The van der Waals surface area contributed by atoms with Gasteiger partial charge in [0, 0.05) is 5.69 Å². The van der Waals surface area contributed by atoms with E-state index in [0.29, 0.717) is 18.5 Å². The van der Waals surface area contributed by atoms with Gasteiger partial charge in [-0.2, -0.15) is 4.72 Å². The van der Waals surface area contributed by atoms with Crippen molar-refractivity contribution in [1.82, 2.24) is 4.72 Å². The second kappa shape index (κ2) is 7.32. The summed E-state index contributed by atoms with van der Waals surface area (Å²) in [5.74, 6) is -0.513. The minimum atomic E-state index is -3.70. The summed E-state index contributed by atoms with van der Waals surface area (Å²) < 4.78 is 41.7. The zero-order valence-electron chi connectivity index (χ0n) is 13.5. The fraction of sp³-hybridized carbons (Fsp3) is 0.278. The molecule has 4 nitrogen and oxygen atoms in total. The van der Waals surface area contributed by atoms with Crippen LogP contribution in [0.25, 0.3) is 0 Å². The maximum Gasteiger partial charge on any atom is 0.242 e. The molecule has 1 atom stereocenters. The quantitative estimate of drug-likeness (QED) is 0.757. The van der Waals surface area contributed by atoms with Gasteiger partial charge in [-0.1, -0.05) is 29.8 Å². The molecular weight excluding hydrogens is 363 g/mol. The first-order valence-electron chi connectivity index (χ1n) is 8.04. The molecule has 133 valence electrons. The average molecular weight is 382 g/mol. The van der Waals surface area contributed by atoms with E-state index >= 15 is 0 Å². The van der Waals surface area contributed by atoms with Crippen molar-refractivity contribution in [3.05, 3.63) is 65.8 Å². The van der Waals surface area contributed by atoms with Crippen LogP contribution in [0.3, 0.4) is 0 Å². The third-order valence-corrected chi connectivity index (χ3v) is 6.03. The first-order chi connectivity index (χ1) is 11.9. The van der Waals surface area contributed by atoms with Gasteiger partial charge < -0.3 is 5.32 Å². The molecule has 3 rings (SSSR count). The van der Waals surface area contributed by atoms with Crippen LogP contribution in [0, 0.1) is 12.2 Å². The Bertz CT molecular complexity index is 837. The van der Waals surface area contributed by atoms with Crippen molar-refractivity contribution >= 4 is 27.3 Å². The summed E-state index contributed by atoms with van der Waals surface area (Å²) in [5.41, 5.74) is -0.300. The molecular formula is C18H19ClFN2O2S. The van der Waals surface area contributed by atoms with Gasteiger partial charge in [0.2, 0.25) is 10.0 Å². The lowest BCUT2D eigenvalue weighted by Gasteiger charge is -2.39. The van der Waals surface area contributed by atoms with E-state index < -0.39 is 21.5 Å². The van der Waals surface area contributed by atoms with E-state index in [1.807, 2.05) is 0 Å². The molecule has 0 heterocycles. The van der Waals surface area contributed by atoms with E-state index in [2.05, 4.69) is 16.5 Å². The zero-order chi connectivity index (χ0) is 17.9. The molecule has 0 saturated heterocycles. The first kappa shape index (κ1) is 18.2. The van der Waals surface area contributed by atoms with Gasteiger partial charge in [-0.3, -0.25) is 0 Å². The Balaban J connectivity index is 1.89. The van der Waals surface area contributed by atoms with E-state index in [-0.39, 0.29) is 9.92 Å². The lowest BCUT2D eigenvalue weighted by Crippen LogP contribution is -2.55. The van der Waals surface area contributed by atoms with Crippen molar-refractivity contribution in [2.75, 3.05) is 5.32 Å². The van der Waals surface area contributed by atoms with E-state index in [1.165, 1.54) is 12.1 Å². The molecule has 1 aliphatic rings. The van der Waals surface area contributed by atoms with E-state index in [9.17, 15) is 12.8 Å². The van der Waals surface area contributed by atoms with Crippen LogP contribution in [0.5, 0.6) is 0 Å². The molecule has 7 heteroatoms. The molecule has 0 amide bonds. The van der Waals surface area contributed by atoms with Gasteiger partial charge in [-0.25, -0.2) is 12.8 Å². The van der Waals surface area contributed by atoms with Crippen LogP contribution < -0.4 is 10.0 Å². The van der Waals surface area contributed by atoms with Gasteiger partial charge in [0.05, 0.1) is 9.92 Å². The van der Waals surface area contributed by atoms with Crippen molar-refractivity contribution in [1.29, 1.82) is 0 Å². The summed E-state index contributed by atoms with van der Waals surface area (Å²) in [5, 5.41) is 3.21. The summed E-state index contributed by atoms with van der Waals surface area (Å²) in [6, 6.07) is 12.5. The van der Waals surface area contributed by atoms with Gasteiger partial charge in [0.1, 0.15) is 11.5 Å². The Morgan fingerprint density at radius 1 is 1.12 bits per heavy atom. The van der Waals surface area contributed by atoms with Crippen LogP contribution >= 0.6 is 11.6 Å². The second-order valence-corrected chi connectivity index (χ2v) is 8.23. The van der Waals surface area contributed by atoms with Crippen LogP contribution in [0.4, 0.5) is 10.1 Å². The number of hydrogen-bond donors (Lipinski definition) is 2. The van der Waals surface area contributed by atoms with Gasteiger partial charge in [-0.15, -0.1) is 0 Å². The molecule has 1 aliphatic carbocycles. The van der Waals surface area contributed by atoms with Crippen molar-refractivity contribution in [2.24, 2.45) is 0 Å². The molecule has 0 aliphatic heterocycles. The Hall–Kier alpha value is -1.63. The van der Waals surface area contributed by atoms with E-state index in [4.69, 9.17) is 11.6 Å². The van der Waals surface area contributed by atoms with Crippen LogP contribution in [0.1, 0.15) is 25.7 Å². The lowest BCUT2D eigenvalue weighted by atomic mass is 9.89. The topological polar surface area (TPSA) is 58.2 Å². The largest absolute Gasteiger partial charge is 0.366 e. The molecule has 0 aromatic heterocycles. The lowest BCUT2D eigenvalue weighted by molar-refractivity contribution is 0.347. The first-order valence-corrected chi connectivity index (χ1v) is 9.90. The highest BCUT2D eigenvalue weighted by molar-refractivity contribution is 7.89. The predicted octanol–water partition coefficient (Wildman–Crippen LogP) is 4.34. The average Bonchev–Trinajstić information content (AvgIpc) is 2.59. The van der Waals surface area contributed by atoms with Crippen LogP contribution in [0.15, 0.2) is 53.4 Å². The molecule has 2 aromatic rings. The van der Waals surface area contributed by atoms with Gasteiger partial charge in [0.15, 0.2) is 0 Å². The molecule has 1 unspecified atom stereocenters. The summed E-state index contributed by atoms with van der Waals surface area (Å²) in [7, 11) is -3.70. The Labute approximate surface area is 152 Å². The summed E-state index contributed by atoms with van der Waals surface area (Å²) >= 11 is 5.84. The molecule has 0 bridgehead atoms. The molecule has 2 N–H and O–H groups in total. The van der Waals surface area contributed by atoms with Crippen molar-refractivity contribution < 1.29 is 12.8 Å². The summed E-state index contributed by atoms with van der Waals surface area (Å²) in [6.07, 6.45) is 4.97. The maximum atomic E-state index is 13.4. The highest BCUT2D eigenvalue weighted by Crippen LogP contribution is 2.32. The van der Waals surface area contributed by atoms with Gasteiger partial charge in [0.25, 0.3) is 0 Å². The van der Waals surface area contributed by atoms with Gasteiger partial charge >= 0.3 is 0 Å². The summed E-state index contributed by atoms with van der Waals surface area (Å²) in [6.45, 7) is 0. The molecule has 1 saturated carbocycles.